The number of thiazole rings is 1. The molecule has 2 heterocycles. The number of nitrogens with one attached hydrogen (secondary N) is 1. The van der Waals surface area contributed by atoms with Crippen molar-refractivity contribution in [3.63, 3.8) is 0 Å². The molecule has 1 aliphatic heterocycles. The van der Waals surface area contributed by atoms with E-state index in [2.05, 4.69) is 14.6 Å². The van der Waals surface area contributed by atoms with Gasteiger partial charge >= 0.3 is 0 Å². The van der Waals surface area contributed by atoms with Crippen molar-refractivity contribution in [1.82, 2.24) is 9.71 Å². The number of hydrogen-bond donors (Lipinski definition) is 1. The summed E-state index contributed by atoms with van der Waals surface area (Å²) in [6.07, 6.45) is 2.50. The Morgan fingerprint density at radius 3 is 2.68 bits per heavy atom. The number of aromatic nitrogens is 1. The lowest BCUT2D eigenvalue weighted by Gasteiger charge is -2.16. The molecule has 28 heavy (non-hydrogen) atoms. The van der Waals surface area contributed by atoms with Gasteiger partial charge in [0.05, 0.1) is 9.92 Å². The molecule has 0 saturated carbocycles. The van der Waals surface area contributed by atoms with Crippen LogP contribution in [0.2, 0.25) is 5.02 Å². The van der Waals surface area contributed by atoms with Crippen LogP contribution in [0.25, 0.3) is 0 Å². The lowest BCUT2D eigenvalue weighted by Crippen LogP contribution is -2.37. The highest BCUT2D eigenvalue weighted by molar-refractivity contribution is 7.89. The van der Waals surface area contributed by atoms with Crippen LogP contribution in [-0.2, 0) is 10.0 Å². The Labute approximate surface area is 172 Å². The van der Waals surface area contributed by atoms with Crippen LogP contribution < -0.4 is 14.4 Å². The number of sulfonamides is 1. The molecule has 4 rings (SSSR count). The molecule has 0 radical (unpaired) electrons. The Hall–Kier alpha value is -2.13. The Balaban J connectivity index is 1.41. The van der Waals surface area contributed by atoms with Crippen molar-refractivity contribution < 1.29 is 13.2 Å². The maximum Gasteiger partial charge on any atom is 0.240 e. The summed E-state index contributed by atoms with van der Waals surface area (Å²) >= 11 is 7.64. The predicted octanol–water partition coefficient (Wildman–Crippen LogP) is 4.15. The standard InChI is InChI=1S/C19H18ClN3O3S2/c20-17-3-1-2-4-18(17)26-15-5-7-16(8-6-15)28(24,25)22-14-9-11-23(13-14)19-21-10-12-27-19/h1-8,10,12,14,22H,9,11,13H2/t14-/m0/s1. The molecular formula is C19H18ClN3O3S2. The van der Waals surface area contributed by atoms with Crippen molar-refractivity contribution in [2.24, 2.45) is 0 Å². The molecule has 3 aromatic rings. The molecule has 1 N–H and O–H groups in total. The molecule has 9 heteroatoms. The molecule has 0 spiro atoms. The summed E-state index contributed by atoms with van der Waals surface area (Å²) in [4.78, 5) is 6.58. The third-order valence-electron chi connectivity index (χ3n) is 4.40. The Kier molecular flexibility index (Phi) is 5.54. The molecule has 1 fully saturated rings. The van der Waals surface area contributed by atoms with Crippen molar-refractivity contribution in [2.75, 3.05) is 18.0 Å². The van der Waals surface area contributed by atoms with E-state index in [1.807, 2.05) is 17.5 Å². The number of ether oxygens (including phenoxy) is 1. The second-order valence-electron chi connectivity index (χ2n) is 6.37. The van der Waals surface area contributed by atoms with Crippen LogP contribution >= 0.6 is 22.9 Å². The topological polar surface area (TPSA) is 71.5 Å². The van der Waals surface area contributed by atoms with Gasteiger partial charge in [-0.05, 0) is 42.8 Å². The van der Waals surface area contributed by atoms with E-state index >= 15 is 0 Å². The van der Waals surface area contributed by atoms with Gasteiger partial charge in [0.25, 0.3) is 0 Å². The highest BCUT2D eigenvalue weighted by Crippen LogP contribution is 2.29. The van der Waals surface area contributed by atoms with Crippen molar-refractivity contribution >= 4 is 38.1 Å². The van der Waals surface area contributed by atoms with Gasteiger partial charge in [0.1, 0.15) is 11.5 Å². The van der Waals surface area contributed by atoms with Gasteiger partial charge in [-0.1, -0.05) is 23.7 Å². The number of benzene rings is 2. The van der Waals surface area contributed by atoms with Gasteiger partial charge in [-0.25, -0.2) is 18.1 Å². The van der Waals surface area contributed by atoms with Crippen molar-refractivity contribution in [3.05, 3.63) is 65.1 Å². The molecule has 1 atom stereocenters. The first-order chi connectivity index (χ1) is 13.5. The minimum Gasteiger partial charge on any atom is -0.456 e. The second kappa shape index (κ2) is 8.08. The van der Waals surface area contributed by atoms with Gasteiger partial charge in [-0.3, -0.25) is 0 Å². The monoisotopic (exact) mass is 435 g/mol. The molecular weight excluding hydrogens is 418 g/mol. The minimum atomic E-state index is -3.61. The number of halogens is 1. The molecule has 0 bridgehead atoms. The zero-order chi connectivity index (χ0) is 19.6. The fourth-order valence-corrected chi connectivity index (χ4v) is 5.15. The Bertz CT molecular complexity index is 1040. The van der Waals surface area contributed by atoms with Crippen molar-refractivity contribution in [1.29, 1.82) is 0 Å². The van der Waals surface area contributed by atoms with Gasteiger partial charge in [0.2, 0.25) is 10.0 Å². The summed E-state index contributed by atoms with van der Waals surface area (Å²) in [6.45, 7) is 1.39. The zero-order valence-corrected chi connectivity index (χ0v) is 17.2. The third kappa shape index (κ3) is 4.30. The van der Waals surface area contributed by atoms with E-state index in [1.165, 1.54) is 12.1 Å². The van der Waals surface area contributed by atoms with E-state index < -0.39 is 10.0 Å². The van der Waals surface area contributed by atoms with Gasteiger partial charge in [0.15, 0.2) is 5.13 Å². The highest BCUT2D eigenvalue weighted by Gasteiger charge is 2.28. The SMILES string of the molecule is O=S(=O)(N[C@H]1CCN(c2nccs2)C1)c1ccc(Oc2ccccc2Cl)cc1. The zero-order valence-electron chi connectivity index (χ0n) is 14.8. The first kappa shape index (κ1) is 19.2. The molecule has 1 saturated heterocycles. The summed E-state index contributed by atoms with van der Waals surface area (Å²) in [7, 11) is -3.61. The van der Waals surface area contributed by atoms with Crippen LogP contribution in [0.1, 0.15) is 6.42 Å². The molecule has 0 unspecified atom stereocenters. The lowest BCUT2D eigenvalue weighted by atomic mass is 10.3. The summed E-state index contributed by atoms with van der Waals surface area (Å²) in [5.74, 6) is 1.04. The van der Waals surface area contributed by atoms with E-state index in [4.69, 9.17) is 16.3 Å². The Morgan fingerprint density at radius 1 is 1.18 bits per heavy atom. The average Bonchev–Trinajstić information content (AvgIpc) is 3.35. The van der Waals surface area contributed by atoms with Gasteiger partial charge in [-0.2, -0.15) is 0 Å². The van der Waals surface area contributed by atoms with Crippen LogP contribution in [0.3, 0.4) is 0 Å². The highest BCUT2D eigenvalue weighted by atomic mass is 35.5. The lowest BCUT2D eigenvalue weighted by molar-refractivity contribution is 0.482. The number of hydrogen-bond acceptors (Lipinski definition) is 6. The smallest absolute Gasteiger partial charge is 0.240 e. The molecule has 0 aliphatic carbocycles. The van der Waals surface area contributed by atoms with Crippen LogP contribution in [-0.4, -0.2) is 32.5 Å². The van der Waals surface area contributed by atoms with Gasteiger partial charge in [0, 0.05) is 30.7 Å². The fraction of sp³-hybridized carbons (Fsp3) is 0.211. The fourth-order valence-electron chi connectivity index (χ4n) is 3.03. The van der Waals surface area contributed by atoms with Gasteiger partial charge < -0.3 is 9.64 Å². The normalized spacial score (nSPS) is 17.0. The van der Waals surface area contributed by atoms with Crippen LogP contribution in [0.4, 0.5) is 5.13 Å². The number of anilines is 1. The molecule has 6 nitrogen and oxygen atoms in total. The summed E-state index contributed by atoms with van der Waals surface area (Å²) in [6, 6.07) is 13.3. The minimum absolute atomic E-state index is 0.145. The third-order valence-corrected chi connectivity index (χ3v) is 7.08. The van der Waals surface area contributed by atoms with E-state index in [0.717, 1.165) is 18.1 Å². The number of para-hydroxylation sites is 1. The quantitative estimate of drug-likeness (QED) is 0.629. The van der Waals surface area contributed by atoms with Crippen molar-refractivity contribution in [2.45, 2.75) is 17.4 Å². The second-order valence-corrected chi connectivity index (χ2v) is 9.37. The maximum absolute atomic E-state index is 12.7. The first-order valence-corrected chi connectivity index (χ1v) is 11.4. The van der Waals surface area contributed by atoms with Crippen LogP contribution in [0.15, 0.2) is 65.0 Å². The van der Waals surface area contributed by atoms with Crippen LogP contribution in [0, 0.1) is 0 Å². The molecule has 2 aromatic carbocycles. The Morgan fingerprint density at radius 2 is 1.96 bits per heavy atom. The van der Waals surface area contributed by atoms with E-state index in [1.54, 1.807) is 41.8 Å². The molecule has 1 aromatic heterocycles. The summed E-state index contributed by atoms with van der Waals surface area (Å²) in [5.41, 5.74) is 0. The summed E-state index contributed by atoms with van der Waals surface area (Å²) in [5, 5.41) is 3.33. The van der Waals surface area contributed by atoms with Crippen LogP contribution in [0.5, 0.6) is 11.5 Å². The summed E-state index contributed by atoms with van der Waals surface area (Å²) < 4.78 is 33.9. The van der Waals surface area contributed by atoms with E-state index in [9.17, 15) is 8.42 Å². The molecule has 0 amide bonds. The predicted molar refractivity (Wildman–Crippen MR) is 111 cm³/mol. The number of rotatable bonds is 6. The molecule has 1 aliphatic rings. The van der Waals surface area contributed by atoms with Gasteiger partial charge in [-0.15, -0.1) is 11.3 Å². The van der Waals surface area contributed by atoms with E-state index in [0.29, 0.717) is 23.1 Å². The molecule has 146 valence electrons. The van der Waals surface area contributed by atoms with E-state index in [-0.39, 0.29) is 10.9 Å². The first-order valence-electron chi connectivity index (χ1n) is 8.70. The number of nitrogens with zero attached hydrogens (tertiary/aromatic N) is 2. The van der Waals surface area contributed by atoms with Crippen molar-refractivity contribution in [3.8, 4) is 11.5 Å². The largest absolute Gasteiger partial charge is 0.456 e. The maximum atomic E-state index is 12.7. The average molecular weight is 436 g/mol.